The zero-order chi connectivity index (χ0) is 21.7. The van der Waals surface area contributed by atoms with Gasteiger partial charge in [0.25, 0.3) is 0 Å². The SMILES string of the molecule is C=Cc1ccc(C(=O)OC2c3ccccc3-c3cccc4cccc2c34)c2ccccc12. The highest BCUT2D eigenvalue weighted by Crippen LogP contribution is 2.46. The standard InChI is InChI=1S/C30H20O2/c1-2-19-17-18-26(22-12-4-3-11-21(19)22)30(31)32-29-25-14-6-5-13-23(25)24-15-7-9-20-10-8-16-27(29)28(20)24/h2-18,29H,1H2. The third-order valence-corrected chi connectivity index (χ3v) is 6.38. The minimum absolute atomic E-state index is 0.326. The molecule has 1 aliphatic carbocycles. The van der Waals surface area contributed by atoms with Crippen LogP contribution in [0.5, 0.6) is 0 Å². The van der Waals surface area contributed by atoms with Gasteiger partial charge in [0.15, 0.2) is 6.10 Å². The Balaban J connectivity index is 1.52. The number of benzene rings is 5. The van der Waals surface area contributed by atoms with Crippen LogP contribution in [-0.2, 0) is 4.74 Å². The first-order valence-corrected chi connectivity index (χ1v) is 10.7. The van der Waals surface area contributed by atoms with Crippen LogP contribution in [0, 0.1) is 0 Å². The summed E-state index contributed by atoms with van der Waals surface area (Å²) in [6.07, 6.45) is 1.35. The first-order valence-electron chi connectivity index (χ1n) is 10.7. The van der Waals surface area contributed by atoms with Crippen LogP contribution in [0.25, 0.3) is 38.7 Å². The second-order valence-electron chi connectivity index (χ2n) is 8.08. The molecule has 0 fully saturated rings. The molecule has 2 heteroatoms. The lowest BCUT2D eigenvalue weighted by atomic mass is 9.82. The molecule has 2 nitrogen and oxygen atoms in total. The Hall–Kier alpha value is -4.17. The van der Waals surface area contributed by atoms with E-state index in [1.807, 2.05) is 60.7 Å². The number of hydrogen-bond acceptors (Lipinski definition) is 2. The van der Waals surface area contributed by atoms with E-state index in [1.165, 1.54) is 5.56 Å². The average molecular weight is 412 g/mol. The van der Waals surface area contributed by atoms with Crippen molar-refractivity contribution in [3.8, 4) is 11.1 Å². The Kier molecular flexibility index (Phi) is 4.19. The van der Waals surface area contributed by atoms with E-state index in [-0.39, 0.29) is 5.97 Å². The summed E-state index contributed by atoms with van der Waals surface area (Å²) in [5.41, 5.74) is 5.90. The Morgan fingerprint density at radius 2 is 1.41 bits per heavy atom. The first kappa shape index (κ1) is 18.6. The van der Waals surface area contributed by atoms with Gasteiger partial charge in [-0.25, -0.2) is 4.79 Å². The van der Waals surface area contributed by atoms with Gasteiger partial charge in [-0.3, -0.25) is 0 Å². The maximum absolute atomic E-state index is 13.5. The number of ether oxygens (including phenoxy) is 1. The van der Waals surface area contributed by atoms with Crippen LogP contribution >= 0.6 is 0 Å². The van der Waals surface area contributed by atoms with E-state index in [1.54, 1.807) is 0 Å². The third kappa shape index (κ3) is 2.70. The predicted molar refractivity (Wildman–Crippen MR) is 131 cm³/mol. The summed E-state index contributed by atoms with van der Waals surface area (Å²) in [6, 6.07) is 32.4. The minimum atomic E-state index is -0.463. The van der Waals surface area contributed by atoms with Crippen LogP contribution < -0.4 is 0 Å². The topological polar surface area (TPSA) is 26.3 Å². The Bertz CT molecular complexity index is 1540. The van der Waals surface area contributed by atoms with E-state index in [0.717, 1.165) is 43.8 Å². The highest BCUT2D eigenvalue weighted by atomic mass is 16.5. The third-order valence-electron chi connectivity index (χ3n) is 6.38. The van der Waals surface area contributed by atoms with Crippen LogP contribution in [0.4, 0.5) is 0 Å². The molecule has 5 aromatic carbocycles. The van der Waals surface area contributed by atoms with Crippen molar-refractivity contribution in [2.75, 3.05) is 0 Å². The lowest BCUT2D eigenvalue weighted by molar-refractivity contribution is 0.0383. The van der Waals surface area contributed by atoms with Gasteiger partial charge in [-0.2, -0.15) is 0 Å². The summed E-state index contributed by atoms with van der Waals surface area (Å²) in [5.74, 6) is -0.326. The zero-order valence-electron chi connectivity index (χ0n) is 17.4. The molecule has 1 atom stereocenters. The summed E-state index contributed by atoms with van der Waals surface area (Å²) in [7, 11) is 0. The molecule has 1 unspecified atom stereocenters. The summed E-state index contributed by atoms with van der Waals surface area (Å²) < 4.78 is 6.27. The largest absolute Gasteiger partial charge is 0.449 e. The molecule has 0 amide bonds. The van der Waals surface area contributed by atoms with Gasteiger partial charge in [0, 0.05) is 11.1 Å². The molecule has 0 heterocycles. The molecule has 1 aliphatic rings. The van der Waals surface area contributed by atoms with Crippen LogP contribution in [0.15, 0.2) is 104 Å². The molecule has 5 aromatic rings. The Morgan fingerprint density at radius 3 is 2.25 bits per heavy atom. The summed E-state index contributed by atoms with van der Waals surface area (Å²) in [6.45, 7) is 3.90. The second-order valence-corrected chi connectivity index (χ2v) is 8.08. The van der Waals surface area contributed by atoms with Gasteiger partial charge >= 0.3 is 5.97 Å². The van der Waals surface area contributed by atoms with Crippen LogP contribution in [-0.4, -0.2) is 5.97 Å². The molecule has 6 rings (SSSR count). The molecule has 0 saturated heterocycles. The fourth-order valence-electron chi connectivity index (χ4n) is 4.93. The molecule has 0 aromatic heterocycles. The van der Waals surface area contributed by atoms with Crippen molar-refractivity contribution in [1.29, 1.82) is 0 Å². The number of esters is 1. The van der Waals surface area contributed by atoms with Crippen molar-refractivity contribution < 1.29 is 9.53 Å². The van der Waals surface area contributed by atoms with E-state index in [2.05, 4.69) is 49.0 Å². The van der Waals surface area contributed by atoms with Crippen molar-refractivity contribution in [3.05, 3.63) is 126 Å². The van der Waals surface area contributed by atoms with Crippen LogP contribution in [0.2, 0.25) is 0 Å². The maximum atomic E-state index is 13.5. The molecule has 0 N–H and O–H groups in total. The van der Waals surface area contributed by atoms with Crippen molar-refractivity contribution in [2.45, 2.75) is 6.10 Å². The summed E-state index contributed by atoms with van der Waals surface area (Å²) in [5, 5.41) is 4.17. The molecular formula is C30H20O2. The van der Waals surface area contributed by atoms with Crippen molar-refractivity contribution >= 4 is 33.6 Å². The van der Waals surface area contributed by atoms with Gasteiger partial charge in [0.1, 0.15) is 0 Å². The van der Waals surface area contributed by atoms with Gasteiger partial charge in [-0.05, 0) is 44.3 Å². The average Bonchev–Trinajstić information content (AvgIpc) is 2.85. The normalized spacial score (nSPS) is 14.2. The number of carbonyl (C=O) groups is 1. The summed E-state index contributed by atoms with van der Waals surface area (Å²) in [4.78, 5) is 13.5. The lowest BCUT2D eigenvalue weighted by Crippen LogP contribution is -2.17. The molecular weight excluding hydrogens is 392 g/mol. The molecule has 0 aliphatic heterocycles. The number of carbonyl (C=O) groups excluding carboxylic acids is 1. The fourth-order valence-corrected chi connectivity index (χ4v) is 4.93. The quantitative estimate of drug-likeness (QED) is 0.286. The number of rotatable bonds is 3. The van der Waals surface area contributed by atoms with Crippen molar-refractivity contribution in [2.24, 2.45) is 0 Å². The van der Waals surface area contributed by atoms with E-state index in [0.29, 0.717) is 5.56 Å². The lowest BCUT2D eigenvalue weighted by Gasteiger charge is -2.28. The van der Waals surface area contributed by atoms with Crippen molar-refractivity contribution in [1.82, 2.24) is 0 Å². The highest BCUT2D eigenvalue weighted by molar-refractivity contribution is 6.07. The van der Waals surface area contributed by atoms with E-state index in [9.17, 15) is 4.79 Å². The zero-order valence-corrected chi connectivity index (χ0v) is 17.4. The van der Waals surface area contributed by atoms with Gasteiger partial charge in [-0.15, -0.1) is 0 Å². The fraction of sp³-hybridized carbons (Fsp3) is 0.0333. The van der Waals surface area contributed by atoms with Crippen LogP contribution in [0.3, 0.4) is 0 Å². The summed E-state index contributed by atoms with van der Waals surface area (Å²) >= 11 is 0. The molecule has 0 bridgehead atoms. The predicted octanol–water partition coefficient (Wildman–Crippen LogP) is 7.56. The van der Waals surface area contributed by atoms with Gasteiger partial charge in [-0.1, -0.05) is 104 Å². The molecule has 152 valence electrons. The number of hydrogen-bond donors (Lipinski definition) is 0. The minimum Gasteiger partial charge on any atom is -0.449 e. The first-order chi connectivity index (χ1) is 15.8. The Morgan fingerprint density at radius 1 is 0.719 bits per heavy atom. The monoisotopic (exact) mass is 412 g/mol. The highest BCUT2D eigenvalue weighted by Gasteiger charge is 2.30. The van der Waals surface area contributed by atoms with Gasteiger partial charge < -0.3 is 4.74 Å². The number of fused-ring (bicyclic) bond motifs is 3. The molecule has 32 heavy (non-hydrogen) atoms. The maximum Gasteiger partial charge on any atom is 0.339 e. The molecule has 0 saturated carbocycles. The van der Waals surface area contributed by atoms with E-state index >= 15 is 0 Å². The van der Waals surface area contributed by atoms with Gasteiger partial charge in [0.05, 0.1) is 5.56 Å². The molecule has 0 radical (unpaired) electrons. The van der Waals surface area contributed by atoms with E-state index < -0.39 is 6.10 Å². The van der Waals surface area contributed by atoms with E-state index in [4.69, 9.17) is 4.74 Å². The molecule has 0 spiro atoms. The second kappa shape index (κ2) is 7.21. The van der Waals surface area contributed by atoms with Crippen LogP contribution in [0.1, 0.15) is 33.2 Å². The van der Waals surface area contributed by atoms with Crippen molar-refractivity contribution in [3.63, 3.8) is 0 Å². The smallest absolute Gasteiger partial charge is 0.339 e. The van der Waals surface area contributed by atoms with Gasteiger partial charge in [0.2, 0.25) is 0 Å². The Labute approximate surface area is 186 Å².